The van der Waals surface area contributed by atoms with E-state index in [1.54, 1.807) is 7.05 Å². The Kier molecular flexibility index (Phi) is 2.00. The topological polar surface area (TPSA) is 80.9 Å². The highest BCUT2D eigenvalue weighted by atomic mass is 16.1. The Labute approximate surface area is 63.7 Å². The van der Waals surface area contributed by atoms with Crippen LogP contribution in [0.5, 0.6) is 0 Å². The molecule has 1 rings (SSSR count). The van der Waals surface area contributed by atoms with Crippen molar-refractivity contribution in [1.29, 1.82) is 0 Å². The zero-order valence-corrected chi connectivity index (χ0v) is 6.03. The monoisotopic (exact) mass is 152 g/mol. The lowest BCUT2D eigenvalue weighted by atomic mass is 10.3. The molecule has 1 aromatic heterocycles. The van der Waals surface area contributed by atoms with Crippen LogP contribution in [0.15, 0.2) is 6.20 Å². The fraction of sp³-hybridized carbons (Fsp3) is 0.167. The predicted octanol–water partition coefficient (Wildman–Crippen LogP) is -0.0870. The van der Waals surface area contributed by atoms with E-state index in [9.17, 15) is 4.79 Å². The average Bonchev–Trinajstić information content (AvgIpc) is 2.04. The number of nitrogens with two attached hydrogens (primary N) is 1. The van der Waals surface area contributed by atoms with Crippen molar-refractivity contribution in [2.75, 3.05) is 18.1 Å². The number of carbonyl (C=O) groups is 1. The average molecular weight is 152 g/mol. The molecule has 5 heteroatoms. The van der Waals surface area contributed by atoms with E-state index in [0.717, 1.165) is 0 Å². The lowest BCUT2D eigenvalue weighted by molar-refractivity contribution is 0.112. The van der Waals surface area contributed by atoms with Crippen molar-refractivity contribution in [3.63, 3.8) is 0 Å². The van der Waals surface area contributed by atoms with E-state index < -0.39 is 0 Å². The smallest absolute Gasteiger partial charge is 0.224 e. The van der Waals surface area contributed by atoms with Crippen LogP contribution in [-0.2, 0) is 0 Å². The van der Waals surface area contributed by atoms with Crippen molar-refractivity contribution in [3.05, 3.63) is 11.8 Å². The normalized spacial score (nSPS) is 9.18. The third-order valence-corrected chi connectivity index (χ3v) is 1.20. The molecule has 0 bridgehead atoms. The van der Waals surface area contributed by atoms with Gasteiger partial charge in [0.2, 0.25) is 5.95 Å². The molecule has 0 aliphatic heterocycles. The quantitative estimate of drug-likeness (QED) is 0.579. The number of anilines is 2. The maximum atomic E-state index is 10.2. The van der Waals surface area contributed by atoms with Gasteiger partial charge in [0.25, 0.3) is 0 Å². The van der Waals surface area contributed by atoms with E-state index in [-0.39, 0.29) is 5.82 Å². The van der Waals surface area contributed by atoms with E-state index in [0.29, 0.717) is 17.8 Å². The second kappa shape index (κ2) is 2.96. The highest BCUT2D eigenvalue weighted by Gasteiger charge is 1.99. The van der Waals surface area contributed by atoms with Crippen LogP contribution >= 0.6 is 0 Å². The minimum Gasteiger partial charge on any atom is -0.383 e. The molecule has 0 amide bonds. The van der Waals surface area contributed by atoms with Crippen molar-refractivity contribution in [2.45, 2.75) is 0 Å². The van der Waals surface area contributed by atoms with Gasteiger partial charge in [0.15, 0.2) is 6.29 Å². The van der Waals surface area contributed by atoms with E-state index in [1.807, 2.05) is 0 Å². The van der Waals surface area contributed by atoms with Gasteiger partial charge in [0.05, 0.1) is 5.56 Å². The summed E-state index contributed by atoms with van der Waals surface area (Å²) in [6, 6.07) is 0. The number of aldehydes is 1. The fourth-order valence-electron chi connectivity index (χ4n) is 0.616. The van der Waals surface area contributed by atoms with Gasteiger partial charge in [-0.3, -0.25) is 4.79 Å². The first-order chi connectivity index (χ1) is 5.27. The molecule has 0 radical (unpaired) electrons. The van der Waals surface area contributed by atoms with Crippen LogP contribution in [0.25, 0.3) is 0 Å². The third kappa shape index (κ3) is 1.43. The van der Waals surface area contributed by atoms with Crippen LogP contribution < -0.4 is 11.1 Å². The summed E-state index contributed by atoms with van der Waals surface area (Å²) in [7, 11) is 1.68. The maximum Gasteiger partial charge on any atom is 0.224 e. The van der Waals surface area contributed by atoms with Crippen LogP contribution in [0.1, 0.15) is 10.4 Å². The van der Waals surface area contributed by atoms with Crippen molar-refractivity contribution in [2.24, 2.45) is 0 Å². The van der Waals surface area contributed by atoms with Crippen molar-refractivity contribution in [1.82, 2.24) is 9.97 Å². The summed E-state index contributed by atoms with van der Waals surface area (Å²) >= 11 is 0. The summed E-state index contributed by atoms with van der Waals surface area (Å²) in [5, 5.41) is 2.70. The largest absolute Gasteiger partial charge is 0.383 e. The Morgan fingerprint density at radius 3 is 2.91 bits per heavy atom. The van der Waals surface area contributed by atoms with Crippen LogP contribution in [0.3, 0.4) is 0 Å². The summed E-state index contributed by atoms with van der Waals surface area (Å²) in [6.07, 6.45) is 2.00. The predicted molar refractivity (Wildman–Crippen MR) is 41.4 cm³/mol. The summed E-state index contributed by atoms with van der Waals surface area (Å²) < 4.78 is 0. The number of aromatic nitrogens is 2. The number of nitrogen functional groups attached to an aromatic ring is 1. The van der Waals surface area contributed by atoms with E-state index in [4.69, 9.17) is 5.73 Å². The number of hydrogen-bond acceptors (Lipinski definition) is 5. The summed E-state index contributed by atoms with van der Waals surface area (Å²) in [5.41, 5.74) is 5.69. The maximum absolute atomic E-state index is 10.2. The second-order valence-electron chi connectivity index (χ2n) is 1.90. The first-order valence-corrected chi connectivity index (χ1v) is 3.03. The summed E-state index contributed by atoms with van der Waals surface area (Å²) in [5.74, 6) is 0.604. The first kappa shape index (κ1) is 7.46. The highest BCUT2D eigenvalue weighted by Crippen LogP contribution is 2.05. The SMILES string of the molecule is CNc1ncc(C=O)c(N)n1. The van der Waals surface area contributed by atoms with Gasteiger partial charge in [0, 0.05) is 13.2 Å². The van der Waals surface area contributed by atoms with Crippen LogP contribution in [0.4, 0.5) is 11.8 Å². The van der Waals surface area contributed by atoms with Gasteiger partial charge in [-0.15, -0.1) is 0 Å². The Hall–Kier alpha value is -1.65. The van der Waals surface area contributed by atoms with Crippen LogP contribution in [0, 0.1) is 0 Å². The third-order valence-electron chi connectivity index (χ3n) is 1.20. The van der Waals surface area contributed by atoms with Gasteiger partial charge in [0.1, 0.15) is 5.82 Å². The van der Waals surface area contributed by atoms with Crippen LogP contribution in [-0.4, -0.2) is 23.3 Å². The molecular weight excluding hydrogens is 144 g/mol. The Balaban J connectivity index is 3.09. The molecule has 0 saturated carbocycles. The first-order valence-electron chi connectivity index (χ1n) is 3.03. The molecule has 0 atom stereocenters. The molecule has 1 heterocycles. The van der Waals surface area contributed by atoms with E-state index >= 15 is 0 Å². The van der Waals surface area contributed by atoms with Gasteiger partial charge in [-0.25, -0.2) is 4.98 Å². The minimum atomic E-state index is 0.194. The molecule has 11 heavy (non-hydrogen) atoms. The zero-order valence-electron chi connectivity index (χ0n) is 6.03. The molecule has 1 aromatic rings. The Morgan fingerprint density at radius 2 is 2.45 bits per heavy atom. The van der Waals surface area contributed by atoms with E-state index in [1.165, 1.54) is 6.20 Å². The Morgan fingerprint density at radius 1 is 1.73 bits per heavy atom. The molecule has 0 aromatic carbocycles. The molecule has 0 saturated heterocycles. The lowest BCUT2D eigenvalue weighted by Gasteiger charge is -1.99. The Bertz CT molecular complexity index is 273. The molecule has 0 aliphatic carbocycles. The minimum absolute atomic E-state index is 0.194. The molecular formula is C6H8N4O. The number of hydrogen-bond donors (Lipinski definition) is 2. The molecule has 0 spiro atoms. The van der Waals surface area contributed by atoms with Gasteiger partial charge < -0.3 is 11.1 Å². The molecule has 3 N–H and O–H groups in total. The highest BCUT2D eigenvalue weighted by molar-refractivity contribution is 5.81. The van der Waals surface area contributed by atoms with Crippen molar-refractivity contribution < 1.29 is 4.79 Å². The zero-order chi connectivity index (χ0) is 8.27. The molecule has 58 valence electrons. The number of nitrogens with one attached hydrogen (secondary N) is 1. The van der Waals surface area contributed by atoms with E-state index in [2.05, 4.69) is 15.3 Å². The van der Waals surface area contributed by atoms with Gasteiger partial charge in [-0.05, 0) is 0 Å². The summed E-state index contributed by atoms with van der Waals surface area (Å²) in [6.45, 7) is 0. The number of rotatable bonds is 2. The van der Waals surface area contributed by atoms with Gasteiger partial charge >= 0.3 is 0 Å². The number of nitrogens with zero attached hydrogens (tertiary/aromatic N) is 2. The van der Waals surface area contributed by atoms with Gasteiger partial charge in [-0.1, -0.05) is 0 Å². The molecule has 0 aliphatic rings. The summed E-state index contributed by atoms with van der Waals surface area (Å²) in [4.78, 5) is 17.8. The number of carbonyl (C=O) groups excluding carboxylic acids is 1. The van der Waals surface area contributed by atoms with Crippen LogP contribution in [0.2, 0.25) is 0 Å². The second-order valence-corrected chi connectivity index (χ2v) is 1.90. The molecule has 5 nitrogen and oxygen atoms in total. The molecule has 0 fully saturated rings. The lowest BCUT2D eigenvalue weighted by Crippen LogP contribution is -2.02. The fourth-order valence-corrected chi connectivity index (χ4v) is 0.616. The van der Waals surface area contributed by atoms with Crippen molar-refractivity contribution >= 4 is 18.1 Å². The van der Waals surface area contributed by atoms with Crippen molar-refractivity contribution in [3.8, 4) is 0 Å². The standard InChI is InChI=1S/C6H8N4O/c1-8-6-9-2-4(3-11)5(7)10-6/h2-3H,1H3,(H3,7,8,9,10). The van der Waals surface area contributed by atoms with Gasteiger partial charge in [-0.2, -0.15) is 4.98 Å². The molecule has 0 unspecified atom stereocenters.